The zero-order valence-corrected chi connectivity index (χ0v) is 14.8. The number of nitrogens with one attached hydrogen (secondary N) is 2. The quantitative estimate of drug-likeness (QED) is 0.671. The summed E-state index contributed by atoms with van der Waals surface area (Å²) in [6.07, 6.45) is 0.844. The minimum atomic E-state index is -0.346. The Labute approximate surface area is 147 Å². The summed E-state index contributed by atoms with van der Waals surface area (Å²) in [7, 11) is 0. The molecule has 2 N–H and O–H groups in total. The number of fused-ring (bicyclic) bond motifs is 1. The fraction of sp³-hybridized carbons (Fsp3) is 0.750. The molecule has 9 nitrogen and oxygen atoms in total. The highest BCUT2D eigenvalue weighted by atomic mass is 16.5. The lowest BCUT2D eigenvalue weighted by Gasteiger charge is -2.27. The van der Waals surface area contributed by atoms with Gasteiger partial charge in [-0.05, 0) is 18.9 Å². The van der Waals surface area contributed by atoms with Crippen molar-refractivity contribution in [3.05, 3.63) is 11.4 Å². The fourth-order valence-electron chi connectivity index (χ4n) is 3.08. The number of nitrogens with zero attached hydrogens (tertiary/aromatic N) is 4. The van der Waals surface area contributed by atoms with Crippen molar-refractivity contribution in [3.63, 3.8) is 0 Å². The van der Waals surface area contributed by atoms with Crippen molar-refractivity contribution in [2.24, 2.45) is 5.92 Å². The van der Waals surface area contributed by atoms with Crippen molar-refractivity contribution < 1.29 is 14.3 Å². The molecule has 2 amide bonds. The van der Waals surface area contributed by atoms with Gasteiger partial charge < -0.3 is 15.4 Å². The number of carbonyl (C=O) groups is 2. The molecular formula is C16H26N6O3. The molecule has 2 aliphatic heterocycles. The smallest absolute Gasteiger partial charge is 0.274 e. The molecule has 0 bridgehead atoms. The number of ether oxygens (including phenoxy) is 1. The molecular weight excluding hydrogens is 324 g/mol. The summed E-state index contributed by atoms with van der Waals surface area (Å²) in [5.41, 5.74) is 0.355. The van der Waals surface area contributed by atoms with Crippen LogP contribution in [-0.2, 0) is 11.3 Å². The minimum Gasteiger partial charge on any atom is -0.379 e. The van der Waals surface area contributed by atoms with Crippen molar-refractivity contribution in [2.75, 3.05) is 39.4 Å². The summed E-state index contributed by atoms with van der Waals surface area (Å²) < 4.78 is 6.85. The zero-order chi connectivity index (χ0) is 17.8. The van der Waals surface area contributed by atoms with Crippen LogP contribution in [0.4, 0.5) is 0 Å². The molecule has 3 heterocycles. The molecule has 1 atom stereocenters. The molecule has 1 aromatic heterocycles. The van der Waals surface area contributed by atoms with E-state index < -0.39 is 0 Å². The maximum atomic E-state index is 12.3. The van der Waals surface area contributed by atoms with E-state index in [0.29, 0.717) is 19.0 Å². The predicted molar refractivity (Wildman–Crippen MR) is 90.3 cm³/mol. The second-order valence-corrected chi connectivity index (χ2v) is 6.86. The highest BCUT2D eigenvalue weighted by molar-refractivity contribution is 6.05. The van der Waals surface area contributed by atoms with Gasteiger partial charge in [-0.2, -0.15) is 0 Å². The maximum Gasteiger partial charge on any atom is 0.274 e. The summed E-state index contributed by atoms with van der Waals surface area (Å²) in [5, 5.41) is 13.7. The van der Waals surface area contributed by atoms with Gasteiger partial charge in [0.25, 0.3) is 11.8 Å². The van der Waals surface area contributed by atoms with Crippen LogP contribution in [0.3, 0.4) is 0 Å². The molecule has 1 aromatic rings. The average molecular weight is 350 g/mol. The van der Waals surface area contributed by atoms with Gasteiger partial charge in [-0.1, -0.05) is 19.1 Å². The molecule has 1 saturated heterocycles. The summed E-state index contributed by atoms with van der Waals surface area (Å²) in [6.45, 7) is 9.47. The Morgan fingerprint density at radius 1 is 1.40 bits per heavy atom. The first kappa shape index (κ1) is 17.8. The van der Waals surface area contributed by atoms with Gasteiger partial charge >= 0.3 is 0 Å². The van der Waals surface area contributed by atoms with Crippen molar-refractivity contribution >= 4 is 11.8 Å². The normalized spacial score (nSPS) is 21.1. The van der Waals surface area contributed by atoms with Gasteiger partial charge in [0.15, 0.2) is 11.4 Å². The highest BCUT2D eigenvalue weighted by Gasteiger charge is 2.32. The van der Waals surface area contributed by atoms with Crippen LogP contribution in [0.15, 0.2) is 0 Å². The van der Waals surface area contributed by atoms with Crippen LogP contribution in [0.1, 0.15) is 41.2 Å². The molecule has 0 radical (unpaired) electrons. The molecule has 9 heteroatoms. The highest BCUT2D eigenvalue weighted by Crippen LogP contribution is 2.15. The first-order chi connectivity index (χ1) is 12.1. The van der Waals surface area contributed by atoms with Gasteiger partial charge in [0.05, 0.1) is 25.8 Å². The van der Waals surface area contributed by atoms with Crippen LogP contribution >= 0.6 is 0 Å². The monoisotopic (exact) mass is 350 g/mol. The Hall–Kier alpha value is -2.00. The summed E-state index contributed by atoms with van der Waals surface area (Å²) in [6, 6.07) is 0.00568. The number of amides is 2. The Bertz CT molecular complexity index is 623. The first-order valence-electron chi connectivity index (χ1n) is 8.89. The van der Waals surface area contributed by atoms with Crippen LogP contribution in [0, 0.1) is 5.92 Å². The van der Waals surface area contributed by atoms with Crippen molar-refractivity contribution in [1.82, 2.24) is 30.5 Å². The number of hydrogen-bond donors (Lipinski definition) is 2. The Morgan fingerprint density at radius 3 is 2.88 bits per heavy atom. The third-order valence-electron chi connectivity index (χ3n) is 4.70. The predicted octanol–water partition coefficient (Wildman–Crippen LogP) is -0.502. The van der Waals surface area contributed by atoms with Gasteiger partial charge in [0, 0.05) is 19.6 Å². The van der Waals surface area contributed by atoms with Crippen LogP contribution in [0.25, 0.3) is 0 Å². The molecule has 1 fully saturated rings. The largest absolute Gasteiger partial charge is 0.379 e. The van der Waals surface area contributed by atoms with E-state index in [0.717, 1.165) is 39.3 Å². The molecule has 0 unspecified atom stereocenters. The van der Waals surface area contributed by atoms with Crippen LogP contribution < -0.4 is 10.6 Å². The second-order valence-electron chi connectivity index (χ2n) is 6.86. The molecule has 0 aliphatic carbocycles. The zero-order valence-electron chi connectivity index (χ0n) is 14.8. The lowest BCUT2D eigenvalue weighted by atomic mass is 10.0. The summed E-state index contributed by atoms with van der Waals surface area (Å²) in [4.78, 5) is 27.0. The van der Waals surface area contributed by atoms with Gasteiger partial charge in [-0.25, -0.2) is 4.68 Å². The molecule has 0 aromatic carbocycles. The van der Waals surface area contributed by atoms with Gasteiger partial charge in [-0.3, -0.25) is 14.5 Å². The van der Waals surface area contributed by atoms with Gasteiger partial charge in [0.1, 0.15) is 0 Å². The molecule has 138 valence electrons. The number of rotatable bonds is 6. The lowest BCUT2D eigenvalue weighted by molar-refractivity contribution is 0.0374. The second kappa shape index (κ2) is 7.92. The van der Waals surface area contributed by atoms with Crippen LogP contribution in [0.2, 0.25) is 0 Å². The summed E-state index contributed by atoms with van der Waals surface area (Å²) in [5.74, 6) is -0.339. The van der Waals surface area contributed by atoms with Crippen LogP contribution in [0.5, 0.6) is 0 Å². The standard InChI is InChI=1S/C16H26N6O3/c1-11(2)12-10-22-14(16(24)18-12)13(19-20-22)15(23)17-4-3-5-21-6-8-25-9-7-21/h11-12H,3-10H2,1-2H3,(H,17,23)(H,18,24)/t12-/m1/s1. The van der Waals surface area contributed by atoms with Crippen molar-refractivity contribution in [1.29, 1.82) is 0 Å². The van der Waals surface area contributed by atoms with E-state index in [2.05, 4.69) is 25.8 Å². The van der Waals surface area contributed by atoms with E-state index in [1.54, 1.807) is 0 Å². The van der Waals surface area contributed by atoms with Crippen molar-refractivity contribution in [2.45, 2.75) is 32.9 Å². The topological polar surface area (TPSA) is 101 Å². The molecule has 0 spiro atoms. The molecule has 3 rings (SSSR count). The number of aromatic nitrogens is 3. The van der Waals surface area contributed by atoms with Crippen LogP contribution in [-0.4, -0.2) is 77.1 Å². The van der Waals surface area contributed by atoms with E-state index in [1.807, 2.05) is 13.8 Å². The van der Waals surface area contributed by atoms with E-state index in [4.69, 9.17) is 4.74 Å². The average Bonchev–Trinajstić information content (AvgIpc) is 3.04. The van der Waals surface area contributed by atoms with Gasteiger partial charge in [-0.15, -0.1) is 5.10 Å². The first-order valence-corrected chi connectivity index (χ1v) is 8.89. The number of carbonyl (C=O) groups excluding carboxylic acids is 2. The number of hydrogen-bond acceptors (Lipinski definition) is 6. The Balaban J connectivity index is 1.52. The third-order valence-corrected chi connectivity index (χ3v) is 4.70. The molecule has 0 saturated carbocycles. The van der Waals surface area contributed by atoms with E-state index >= 15 is 0 Å². The molecule has 25 heavy (non-hydrogen) atoms. The van der Waals surface area contributed by atoms with E-state index in [-0.39, 0.29) is 29.2 Å². The summed E-state index contributed by atoms with van der Waals surface area (Å²) >= 11 is 0. The SMILES string of the molecule is CC(C)[C@H]1Cn2nnc(C(=O)NCCCN3CCOCC3)c2C(=O)N1. The maximum absolute atomic E-state index is 12.3. The van der Waals surface area contributed by atoms with Gasteiger partial charge in [0.2, 0.25) is 0 Å². The third kappa shape index (κ3) is 4.16. The minimum absolute atomic E-state index is 0.00568. The van der Waals surface area contributed by atoms with E-state index in [9.17, 15) is 9.59 Å². The lowest BCUT2D eigenvalue weighted by Crippen LogP contribution is -2.48. The molecule has 2 aliphatic rings. The van der Waals surface area contributed by atoms with Crippen molar-refractivity contribution in [3.8, 4) is 0 Å². The van der Waals surface area contributed by atoms with E-state index in [1.165, 1.54) is 4.68 Å². The fourth-order valence-corrected chi connectivity index (χ4v) is 3.08. The Morgan fingerprint density at radius 2 is 2.16 bits per heavy atom. The Kier molecular flexibility index (Phi) is 5.64. The number of morpholine rings is 1.